The number of nitrogens with one attached hydrogen (secondary N) is 1. The van der Waals surface area contributed by atoms with Gasteiger partial charge in [0.05, 0.1) is 0 Å². The normalized spacial score (nSPS) is 25.1. The second kappa shape index (κ2) is 4.10. The molecule has 2 heteroatoms. The molecule has 0 spiro atoms. The molecule has 3 rings (SSSR count). The van der Waals surface area contributed by atoms with Crippen molar-refractivity contribution in [1.82, 2.24) is 5.32 Å². The molecule has 1 saturated carbocycles. The van der Waals surface area contributed by atoms with E-state index in [1.165, 1.54) is 43.6 Å². The molecule has 1 aromatic rings. The van der Waals surface area contributed by atoms with Gasteiger partial charge < -0.3 is 10.2 Å². The lowest BCUT2D eigenvalue weighted by atomic mass is 10.2. The number of nitrogens with zero attached hydrogens (tertiary/aromatic N) is 1. The number of hydrogen-bond donors (Lipinski definition) is 1. The number of hydrogen-bond acceptors (Lipinski definition) is 2. The van der Waals surface area contributed by atoms with Gasteiger partial charge >= 0.3 is 0 Å². The molecule has 1 heterocycles. The molecule has 0 bridgehead atoms. The van der Waals surface area contributed by atoms with E-state index in [1.54, 1.807) is 0 Å². The molecule has 1 saturated heterocycles. The molecular weight excluding hydrogens is 196 g/mol. The molecule has 0 aromatic heterocycles. The van der Waals surface area contributed by atoms with Crippen LogP contribution in [0, 0.1) is 6.92 Å². The van der Waals surface area contributed by atoms with Crippen LogP contribution in [0.25, 0.3) is 0 Å². The minimum atomic E-state index is 0.716. The van der Waals surface area contributed by atoms with Crippen molar-refractivity contribution in [3.8, 4) is 0 Å². The highest BCUT2D eigenvalue weighted by molar-refractivity contribution is 5.48. The summed E-state index contributed by atoms with van der Waals surface area (Å²) < 4.78 is 0. The zero-order valence-corrected chi connectivity index (χ0v) is 9.95. The second-order valence-electron chi connectivity index (χ2n) is 5.21. The van der Waals surface area contributed by atoms with Crippen LogP contribution in [0.2, 0.25) is 0 Å². The summed E-state index contributed by atoms with van der Waals surface area (Å²) in [5.41, 5.74) is 2.72. The highest BCUT2D eigenvalue weighted by Crippen LogP contribution is 2.24. The maximum atomic E-state index is 3.72. The fraction of sp³-hybridized carbons (Fsp3) is 0.571. The fourth-order valence-corrected chi connectivity index (χ4v) is 2.47. The molecule has 0 radical (unpaired) electrons. The summed E-state index contributed by atoms with van der Waals surface area (Å²) in [6, 6.07) is 10.5. The van der Waals surface area contributed by atoms with Crippen molar-refractivity contribution in [2.24, 2.45) is 0 Å². The molecule has 2 aliphatic rings. The highest BCUT2D eigenvalue weighted by atomic mass is 15.2. The topological polar surface area (TPSA) is 15.3 Å². The van der Waals surface area contributed by atoms with E-state index >= 15 is 0 Å². The van der Waals surface area contributed by atoms with Crippen molar-refractivity contribution in [3.63, 3.8) is 0 Å². The van der Waals surface area contributed by atoms with Gasteiger partial charge in [0.2, 0.25) is 0 Å². The molecule has 1 aromatic carbocycles. The standard InChI is InChI=1S/C14H20N2/c1-11-2-6-14(7-3-11)16-9-8-13(10-16)15-12-4-5-12/h2-3,6-7,12-13,15H,4-5,8-10H2,1H3. The average molecular weight is 216 g/mol. The average Bonchev–Trinajstić information content (AvgIpc) is 2.97. The van der Waals surface area contributed by atoms with Gasteiger partial charge in [-0.25, -0.2) is 0 Å². The van der Waals surface area contributed by atoms with E-state index in [2.05, 4.69) is 41.4 Å². The maximum absolute atomic E-state index is 3.72. The zero-order chi connectivity index (χ0) is 11.0. The van der Waals surface area contributed by atoms with Crippen molar-refractivity contribution < 1.29 is 0 Å². The van der Waals surface area contributed by atoms with E-state index < -0.39 is 0 Å². The largest absolute Gasteiger partial charge is 0.370 e. The van der Waals surface area contributed by atoms with Crippen molar-refractivity contribution >= 4 is 5.69 Å². The summed E-state index contributed by atoms with van der Waals surface area (Å²) in [6.45, 7) is 4.53. The fourth-order valence-electron chi connectivity index (χ4n) is 2.47. The third kappa shape index (κ3) is 2.22. The van der Waals surface area contributed by atoms with E-state index in [0.29, 0.717) is 6.04 Å². The van der Waals surface area contributed by atoms with Gasteiger partial charge in [0.25, 0.3) is 0 Å². The molecular formula is C14H20N2. The van der Waals surface area contributed by atoms with E-state index in [0.717, 1.165) is 6.04 Å². The summed E-state index contributed by atoms with van der Waals surface area (Å²) in [6.07, 6.45) is 4.08. The molecule has 1 aliphatic heterocycles. The first kappa shape index (κ1) is 10.2. The van der Waals surface area contributed by atoms with Crippen molar-refractivity contribution in [3.05, 3.63) is 29.8 Å². The van der Waals surface area contributed by atoms with Crippen molar-refractivity contribution in [2.75, 3.05) is 18.0 Å². The van der Waals surface area contributed by atoms with E-state index in [1.807, 2.05) is 0 Å². The summed E-state index contributed by atoms with van der Waals surface area (Å²) in [7, 11) is 0. The van der Waals surface area contributed by atoms with Crippen LogP contribution >= 0.6 is 0 Å². The summed E-state index contributed by atoms with van der Waals surface area (Å²) >= 11 is 0. The molecule has 2 nitrogen and oxygen atoms in total. The Morgan fingerprint density at radius 2 is 1.81 bits per heavy atom. The highest BCUT2D eigenvalue weighted by Gasteiger charge is 2.29. The number of aryl methyl sites for hydroxylation is 1. The monoisotopic (exact) mass is 216 g/mol. The minimum Gasteiger partial charge on any atom is -0.370 e. The summed E-state index contributed by atoms with van der Waals surface area (Å²) in [4.78, 5) is 2.50. The Kier molecular flexibility index (Phi) is 2.60. The lowest BCUT2D eigenvalue weighted by Gasteiger charge is -2.19. The quantitative estimate of drug-likeness (QED) is 0.834. The summed E-state index contributed by atoms with van der Waals surface area (Å²) in [5, 5.41) is 3.72. The Hall–Kier alpha value is -1.02. The number of benzene rings is 1. The van der Waals surface area contributed by atoms with Gasteiger partial charge in [0.1, 0.15) is 0 Å². The van der Waals surface area contributed by atoms with E-state index in [4.69, 9.17) is 0 Å². The molecule has 1 aliphatic carbocycles. The van der Waals surface area contributed by atoms with Gasteiger partial charge in [-0.05, 0) is 38.3 Å². The van der Waals surface area contributed by atoms with Gasteiger partial charge in [-0.15, -0.1) is 0 Å². The predicted molar refractivity (Wildman–Crippen MR) is 68.0 cm³/mol. The molecule has 1 N–H and O–H groups in total. The van der Waals surface area contributed by atoms with Crippen molar-refractivity contribution in [2.45, 2.75) is 38.3 Å². The van der Waals surface area contributed by atoms with Crippen LogP contribution in [0.3, 0.4) is 0 Å². The zero-order valence-electron chi connectivity index (χ0n) is 9.95. The summed E-state index contributed by atoms with van der Waals surface area (Å²) in [5.74, 6) is 0. The van der Waals surface area contributed by atoms with Crippen LogP contribution in [0.4, 0.5) is 5.69 Å². The van der Waals surface area contributed by atoms with Gasteiger partial charge in [0, 0.05) is 30.9 Å². The van der Waals surface area contributed by atoms with Gasteiger partial charge in [-0.3, -0.25) is 0 Å². The Bertz CT molecular complexity index is 354. The smallest absolute Gasteiger partial charge is 0.0366 e. The lowest BCUT2D eigenvalue weighted by molar-refractivity contribution is 0.548. The first-order valence-corrected chi connectivity index (χ1v) is 6.39. The van der Waals surface area contributed by atoms with E-state index in [9.17, 15) is 0 Å². The number of anilines is 1. The Labute approximate surface area is 97.6 Å². The Morgan fingerprint density at radius 3 is 2.50 bits per heavy atom. The predicted octanol–water partition coefficient (Wildman–Crippen LogP) is 2.33. The van der Waals surface area contributed by atoms with Crippen LogP contribution in [-0.2, 0) is 0 Å². The lowest BCUT2D eigenvalue weighted by Crippen LogP contribution is -2.33. The second-order valence-corrected chi connectivity index (χ2v) is 5.21. The first-order chi connectivity index (χ1) is 7.81. The molecule has 2 fully saturated rings. The molecule has 0 amide bonds. The van der Waals surface area contributed by atoms with E-state index in [-0.39, 0.29) is 0 Å². The van der Waals surface area contributed by atoms with Gasteiger partial charge in [-0.1, -0.05) is 17.7 Å². The maximum Gasteiger partial charge on any atom is 0.0366 e. The molecule has 16 heavy (non-hydrogen) atoms. The Balaban J connectivity index is 1.61. The molecule has 1 atom stereocenters. The van der Waals surface area contributed by atoms with Crippen LogP contribution in [0.15, 0.2) is 24.3 Å². The third-order valence-corrected chi connectivity index (χ3v) is 3.64. The number of rotatable bonds is 3. The van der Waals surface area contributed by atoms with Crippen molar-refractivity contribution in [1.29, 1.82) is 0 Å². The van der Waals surface area contributed by atoms with Crippen LogP contribution in [0.1, 0.15) is 24.8 Å². The molecule has 1 unspecified atom stereocenters. The van der Waals surface area contributed by atoms with Crippen LogP contribution in [0.5, 0.6) is 0 Å². The van der Waals surface area contributed by atoms with Gasteiger partial charge in [0.15, 0.2) is 0 Å². The van der Waals surface area contributed by atoms with Gasteiger partial charge in [-0.2, -0.15) is 0 Å². The van der Waals surface area contributed by atoms with Crippen LogP contribution in [-0.4, -0.2) is 25.2 Å². The SMILES string of the molecule is Cc1ccc(N2CCC(NC3CC3)C2)cc1. The van der Waals surface area contributed by atoms with Crippen LogP contribution < -0.4 is 10.2 Å². The molecule has 86 valence electrons. The third-order valence-electron chi connectivity index (χ3n) is 3.64. The Morgan fingerprint density at radius 1 is 1.06 bits per heavy atom. The minimum absolute atomic E-state index is 0.716. The first-order valence-electron chi connectivity index (χ1n) is 6.39.